The van der Waals surface area contributed by atoms with Crippen LogP contribution >= 0.6 is 0 Å². The van der Waals surface area contributed by atoms with E-state index in [0.29, 0.717) is 43.7 Å². The fraction of sp³-hybridized carbons (Fsp3) is 1.00. The number of halogens is 1. The van der Waals surface area contributed by atoms with Gasteiger partial charge in [0.1, 0.15) is 6.17 Å². The van der Waals surface area contributed by atoms with E-state index in [-0.39, 0.29) is 12.6 Å². The van der Waals surface area contributed by atoms with Crippen molar-refractivity contribution in [3.8, 4) is 0 Å². The SMILES string of the molecule is OCC1[C@H](O)C(O)CCN1CCCCCOCC1CCC(C2CCCCC2)C(F)C1. The second-order valence-electron chi connectivity index (χ2n) is 10.0. The Morgan fingerprint density at radius 1 is 0.933 bits per heavy atom. The number of nitrogens with zero attached hydrogens (tertiary/aromatic N) is 1. The van der Waals surface area contributed by atoms with Gasteiger partial charge in [-0.3, -0.25) is 4.90 Å². The van der Waals surface area contributed by atoms with Crippen molar-refractivity contribution >= 4 is 0 Å². The van der Waals surface area contributed by atoms with Gasteiger partial charge in [-0.1, -0.05) is 32.1 Å². The molecule has 0 radical (unpaired) electrons. The van der Waals surface area contributed by atoms with E-state index in [2.05, 4.69) is 4.90 Å². The summed E-state index contributed by atoms with van der Waals surface area (Å²) in [5, 5.41) is 29.3. The zero-order chi connectivity index (χ0) is 21.3. The number of likely N-dealkylation sites (tertiary alicyclic amines) is 1. The van der Waals surface area contributed by atoms with Crippen molar-refractivity contribution in [2.45, 2.75) is 101 Å². The Balaban J connectivity index is 1.22. The molecule has 3 rings (SSSR count). The van der Waals surface area contributed by atoms with Crippen LogP contribution in [0.15, 0.2) is 0 Å². The number of rotatable bonds is 10. The number of hydrogen-bond donors (Lipinski definition) is 3. The van der Waals surface area contributed by atoms with Crippen LogP contribution in [0, 0.1) is 17.8 Å². The molecule has 3 fully saturated rings. The Hall–Kier alpha value is -0.270. The molecule has 5 unspecified atom stereocenters. The molecule has 3 aliphatic rings. The van der Waals surface area contributed by atoms with Crippen LogP contribution in [0.25, 0.3) is 0 Å². The Morgan fingerprint density at radius 2 is 1.73 bits per heavy atom. The van der Waals surface area contributed by atoms with Gasteiger partial charge in [-0.05, 0) is 69.2 Å². The highest BCUT2D eigenvalue weighted by molar-refractivity contribution is 4.89. The molecule has 0 aromatic carbocycles. The summed E-state index contributed by atoms with van der Waals surface area (Å²) in [7, 11) is 0. The summed E-state index contributed by atoms with van der Waals surface area (Å²) >= 11 is 0. The fourth-order valence-corrected chi connectivity index (χ4v) is 6.02. The van der Waals surface area contributed by atoms with Crippen LogP contribution in [0.4, 0.5) is 4.39 Å². The molecule has 5 nitrogen and oxygen atoms in total. The molecule has 0 amide bonds. The van der Waals surface area contributed by atoms with Crippen molar-refractivity contribution < 1.29 is 24.4 Å². The van der Waals surface area contributed by atoms with Gasteiger partial charge >= 0.3 is 0 Å². The quantitative estimate of drug-likeness (QED) is 0.465. The summed E-state index contributed by atoms with van der Waals surface area (Å²) in [5.74, 6) is 1.32. The number of ether oxygens (including phenoxy) is 1. The maximum absolute atomic E-state index is 14.7. The number of aliphatic hydroxyl groups is 3. The van der Waals surface area contributed by atoms with Gasteiger partial charge < -0.3 is 20.1 Å². The lowest BCUT2D eigenvalue weighted by Gasteiger charge is -2.40. The number of unbranched alkanes of at least 4 members (excludes halogenated alkanes) is 2. The zero-order valence-corrected chi connectivity index (χ0v) is 18.6. The summed E-state index contributed by atoms with van der Waals surface area (Å²) in [5.41, 5.74) is 0. The van der Waals surface area contributed by atoms with E-state index in [1.807, 2.05) is 0 Å². The second-order valence-corrected chi connectivity index (χ2v) is 10.0. The minimum Gasteiger partial charge on any atom is -0.395 e. The first kappa shape index (κ1) is 24.4. The number of alkyl halides is 1. The van der Waals surface area contributed by atoms with Crippen molar-refractivity contribution in [3.63, 3.8) is 0 Å². The summed E-state index contributed by atoms with van der Waals surface area (Å²) in [6.07, 6.45) is 10.6. The predicted octanol–water partition coefficient (Wildman–Crippen LogP) is 3.30. The Kier molecular flexibility index (Phi) is 10.3. The first-order valence-electron chi connectivity index (χ1n) is 12.5. The van der Waals surface area contributed by atoms with Crippen molar-refractivity contribution in [3.05, 3.63) is 0 Å². The molecule has 6 atom stereocenters. The lowest BCUT2D eigenvalue weighted by molar-refractivity contribution is -0.0897. The van der Waals surface area contributed by atoms with Gasteiger partial charge in [0.15, 0.2) is 0 Å². The highest BCUT2D eigenvalue weighted by atomic mass is 19.1. The molecule has 2 aliphatic carbocycles. The molecule has 1 heterocycles. The van der Waals surface area contributed by atoms with Crippen LogP contribution in [-0.2, 0) is 4.74 Å². The van der Waals surface area contributed by atoms with E-state index < -0.39 is 18.4 Å². The Bertz CT molecular complexity index is 476. The first-order chi connectivity index (χ1) is 14.6. The monoisotopic (exact) mass is 429 g/mol. The Morgan fingerprint density at radius 3 is 2.47 bits per heavy atom. The molecule has 0 aromatic rings. The van der Waals surface area contributed by atoms with E-state index in [0.717, 1.165) is 45.3 Å². The van der Waals surface area contributed by atoms with Crippen LogP contribution in [0.5, 0.6) is 0 Å². The van der Waals surface area contributed by atoms with Gasteiger partial charge in [0.2, 0.25) is 0 Å². The number of aliphatic hydroxyl groups excluding tert-OH is 3. The summed E-state index contributed by atoms with van der Waals surface area (Å²) in [6, 6.07) is -0.359. The topological polar surface area (TPSA) is 73.2 Å². The standard InChI is InChI=1S/C24H44FNO4/c25-21-15-18(9-10-20(21)19-7-3-1-4-8-19)17-30-14-6-2-5-12-26-13-11-23(28)24(29)22(26)16-27/h18-24,27-29H,1-17H2/t18?,20?,21?,22?,23?,24-/m0/s1. The van der Waals surface area contributed by atoms with Gasteiger partial charge in [-0.2, -0.15) is 0 Å². The van der Waals surface area contributed by atoms with Crippen LogP contribution in [-0.4, -0.2) is 77.6 Å². The molecular formula is C24H44FNO4. The van der Waals surface area contributed by atoms with Gasteiger partial charge in [-0.25, -0.2) is 4.39 Å². The second kappa shape index (κ2) is 12.7. The third-order valence-corrected chi connectivity index (χ3v) is 7.93. The molecule has 0 aromatic heterocycles. The van der Waals surface area contributed by atoms with Crippen LogP contribution in [0.3, 0.4) is 0 Å². The van der Waals surface area contributed by atoms with E-state index in [9.17, 15) is 19.7 Å². The van der Waals surface area contributed by atoms with Crippen LogP contribution in [0.2, 0.25) is 0 Å². The van der Waals surface area contributed by atoms with Crippen molar-refractivity contribution in [1.29, 1.82) is 0 Å². The molecule has 1 aliphatic heterocycles. The minimum atomic E-state index is -0.861. The van der Waals surface area contributed by atoms with E-state index >= 15 is 0 Å². The molecule has 176 valence electrons. The molecule has 0 bridgehead atoms. The predicted molar refractivity (Wildman–Crippen MR) is 116 cm³/mol. The van der Waals surface area contributed by atoms with E-state index in [4.69, 9.17) is 4.74 Å². The number of piperidine rings is 1. The molecule has 0 spiro atoms. The molecule has 2 saturated carbocycles. The summed E-state index contributed by atoms with van der Waals surface area (Å²) in [6.45, 7) is 2.84. The normalized spacial score (nSPS) is 36.8. The number of hydrogen-bond acceptors (Lipinski definition) is 5. The lowest BCUT2D eigenvalue weighted by Crippen LogP contribution is -2.56. The molecule has 30 heavy (non-hydrogen) atoms. The van der Waals surface area contributed by atoms with Crippen molar-refractivity contribution in [1.82, 2.24) is 4.90 Å². The maximum Gasteiger partial charge on any atom is 0.104 e. The van der Waals surface area contributed by atoms with Gasteiger partial charge in [0.05, 0.1) is 24.9 Å². The van der Waals surface area contributed by atoms with Crippen molar-refractivity contribution in [2.24, 2.45) is 17.8 Å². The van der Waals surface area contributed by atoms with Gasteiger partial charge in [0, 0.05) is 19.8 Å². The molecule has 1 saturated heterocycles. The fourth-order valence-electron chi connectivity index (χ4n) is 6.02. The summed E-state index contributed by atoms with van der Waals surface area (Å²) < 4.78 is 20.6. The average Bonchev–Trinajstić information content (AvgIpc) is 2.76. The molecule has 6 heteroatoms. The highest BCUT2D eigenvalue weighted by Gasteiger charge is 2.36. The largest absolute Gasteiger partial charge is 0.395 e. The van der Waals surface area contributed by atoms with Crippen LogP contribution < -0.4 is 0 Å². The third-order valence-electron chi connectivity index (χ3n) is 7.93. The smallest absolute Gasteiger partial charge is 0.104 e. The molecule has 3 N–H and O–H groups in total. The van der Waals surface area contributed by atoms with E-state index in [1.54, 1.807) is 0 Å². The minimum absolute atomic E-state index is 0.125. The molecular weight excluding hydrogens is 385 g/mol. The van der Waals surface area contributed by atoms with E-state index in [1.165, 1.54) is 32.1 Å². The first-order valence-corrected chi connectivity index (χ1v) is 12.5. The van der Waals surface area contributed by atoms with Crippen molar-refractivity contribution in [2.75, 3.05) is 32.9 Å². The van der Waals surface area contributed by atoms with Gasteiger partial charge in [-0.15, -0.1) is 0 Å². The zero-order valence-electron chi connectivity index (χ0n) is 18.6. The summed E-state index contributed by atoms with van der Waals surface area (Å²) in [4.78, 5) is 2.09. The third kappa shape index (κ3) is 6.86. The highest BCUT2D eigenvalue weighted by Crippen LogP contribution is 2.41. The van der Waals surface area contributed by atoms with Gasteiger partial charge in [0.25, 0.3) is 0 Å². The lowest BCUT2D eigenvalue weighted by atomic mass is 9.70. The van der Waals surface area contributed by atoms with Crippen LogP contribution in [0.1, 0.15) is 77.0 Å². The average molecular weight is 430 g/mol. The maximum atomic E-state index is 14.7. The Labute approximate surface area is 182 Å².